The third-order valence-corrected chi connectivity index (χ3v) is 3.68. The maximum Gasteiger partial charge on any atom is 0.316 e. The molecular weight excluding hydrogens is 202 g/mol. The van der Waals surface area contributed by atoms with Gasteiger partial charge in [-0.2, -0.15) is 0 Å². The van der Waals surface area contributed by atoms with E-state index < -0.39 is 0 Å². The van der Waals surface area contributed by atoms with Crippen molar-refractivity contribution < 1.29 is 4.74 Å². The molecule has 16 heavy (non-hydrogen) atoms. The largest absolute Gasteiger partial charge is 0.459 e. The van der Waals surface area contributed by atoms with Crippen LogP contribution >= 0.6 is 0 Å². The first kappa shape index (κ1) is 10.0. The van der Waals surface area contributed by atoms with E-state index in [4.69, 9.17) is 4.74 Å². The van der Waals surface area contributed by atoms with Crippen molar-refractivity contribution in [2.45, 2.75) is 25.9 Å². The summed E-state index contributed by atoms with van der Waals surface area (Å²) in [5, 5.41) is 3.40. The minimum Gasteiger partial charge on any atom is -0.459 e. The quantitative estimate of drug-likeness (QED) is 0.824. The summed E-state index contributed by atoms with van der Waals surface area (Å²) in [7, 11) is 0. The molecule has 1 saturated heterocycles. The molecule has 1 aliphatic heterocycles. The molecule has 3 rings (SSSR count). The molecule has 86 valence electrons. The second-order valence-corrected chi connectivity index (χ2v) is 4.72. The van der Waals surface area contributed by atoms with E-state index in [9.17, 15) is 0 Å². The van der Waals surface area contributed by atoms with Crippen molar-refractivity contribution in [1.29, 1.82) is 0 Å². The summed E-state index contributed by atoms with van der Waals surface area (Å²) in [4.78, 5) is 8.49. The predicted molar refractivity (Wildman–Crippen MR) is 60.3 cm³/mol. The second-order valence-electron chi connectivity index (χ2n) is 4.72. The van der Waals surface area contributed by atoms with Crippen LogP contribution in [0.3, 0.4) is 0 Å². The molecule has 4 nitrogen and oxygen atoms in total. The lowest BCUT2D eigenvalue weighted by molar-refractivity contribution is -0.0496. The van der Waals surface area contributed by atoms with Gasteiger partial charge in [-0.1, -0.05) is 6.92 Å². The molecule has 0 spiro atoms. The first-order valence-corrected chi connectivity index (χ1v) is 6.05. The van der Waals surface area contributed by atoms with Gasteiger partial charge in [0.15, 0.2) is 0 Å². The maximum atomic E-state index is 5.85. The maximum absolute atomic E-state index is 5.85. The Balaban J connectivity index is 1.65. The van der Waals surface area contributed by atoms with Gasteiger partial charge in [-0.25, -0.2) is 9.97 Å². The van der Waals surface area contributed by atoms with E-state index in [0.717, 1.165) is 25.1 Å². The molecule has 1 aliphatic carbocycles. The topological polar surface area (TPSA) is 47.0 Å². The highest BCUT2D eigenvalue weighted by Crippen LogP contribution is 2.38. The van der Waals surface area contributed by atoms with Crippen LogP contribution in [0.25, 0.3) is 0 Å². The zero-order chi connectivity index (χ0) is 11.0. The minimum absolute atomic E-state index is 0.341. The van der Waals surface area contributed by atoms with Gasteiger partial charge in [0.25, 0.3) is 0 Å². The minimum atomic E-state index is 0.341. The smallest absolute Gasteiger partial charge is 0.316 e. The van der Waals surface area contributed by atoms with Gasteiger partial charge in [0.2, 0.25) is 0 Å². The van der Waals surface area contributed by atoms with Gasteiger partial charge in [0, 0.05) is 37.3 Å². The fraction of sp³-hybridized carbons (Fsp3) is 0.667. The Morgan fingerprint density at radius 1 is 1.31 bits per heavy atom. The van der Waals surface area contributed by atoms with E-state index in [2.05, 4.69) is 22.2 Å². The molecule has 0 amide bonds. The van der Waals surface area contributed by atoms with Gasteiger partial charge in [-0.3, -0.25) is 0 Å². The summed E-state index contributed by atoms with van der Waals surface area (Å²) < 4.78 is 5.85. The number of hydrogen-bond acceptors (Lipinski definition) is 4. The van der Waals surface area contributed by atoms with E-state index in [1.54, 1.807) is 0 Å². The van der Waals surface area contributed by atoms with Crippen LogP contribution in [0.4, 0.5) is 0 Å². The van der Waals surface area contributed by atoms with Crippen LogP contribution in [0.5, 0.6) is 6.01 Å². The standard InChI is InChI=1S/C12H17N3O/c1-2-8-4-14-12(15-5-8)16-11-9-3-10(11)7-13-6-9/h4-5,9-11,13H,2-3,6-7H2,1H3/t9-,10+,11?. The summed E-state index contributed by atoms with van der Waals surface area (Å²) >= 11 is 0. The summed E-state index contributed by atoms with van der Waals surface area (Å²) in [6.45, 7) is 4.25. The SMILES string of the molecule is CCc1cnc(OC2[C@@H]3CNC[C@H]2C3)nc1. The lowest BCUT2D eigenvalue weighted by Gasteiger charge is -2.48. The molecule has 2 fully saturated rings. The van der Waals surface area contributed by atoms with Gasteiger partial charge < -0.3 is 10.1 Å². The lowest BCUT2D eigenvalue weighted by atomic mass is 9.69. The van der Waals surface area contributed by atoms with Gasteiger partial charge in [0.1, 0.15) is 6.10 Å². The van der Waals surface area contributed by atoms with Gasteiger partial charge in [0.05, 0.1) is 0 Å². The van der Waals surface area contributed by atoms with Crippen molar-refractivity contribution in [2.75, 3.05) is 13.1 Å². The van der Waals surface area contributed by atoms with Gasteiger partial charge >= 0.3 is 6.01 Å². The predicted octanol–water partition coefficient (Wildman–Crippen LogP) is 1.03. The van der Waals surface area contributed by atoms with Gasteiger partial charge in [-0.05, 0) is 18.4 Å². The van der Waals surface area contributed by atoms with Crippen LogP contribution in [-0.4, -0.2) is 29.2 Å². The molecule has 2 aliphatic rings. The van der Waals surface area contributed by atoms with Crippen molar-refractivity contribution in [1.82, 2.24) is 15.3 Å². The van der Waals surface area contributed by atoms with Crippen LogP contribution in [0, 0.1) is 11.8 Å². The number of nitrogens with zero attached hydrogens (tertiary/aromatic N) is 2. The Bertz CT molecular complexity index is 351. The van der Waals surface area contributed by atoms with Crippen LogP contribution in [0.15, 0.2) is 12.4 Å². The fourth-order valence-electron chi connectivity index (χ4n) is 2.60. The van der Waals surface area contributed by atoms with Crippen LogP contribution < -0.4 is 10.1 Å². The van der Waals surface area contributed by atoms with E-state index in [-0.39, 0.29) is 0 Å². The number of aryl methyl sites for hydroxylation is 1. The Morgan fingerprint density at radius 2 is 2.00 bits per heavy atom. The van der Waals surface area contributed by atoms with Crippen LogP contribution in [-0.2, 0) is 6.42 Å². The molecule has 0 aromatic carbocycles. The Morgan fingerprint density at radius 3 is 2.56 bits per heavy atom. The van der Waals surface area contributed by atoms with Crippen LogP contribution in [0.1, 0.15) is 18.9 Å². The van der Waals surface area contributed by atoms with E-state index >= 15 is 0 Å². The Hall–Kier alpha value is -1.16. The Kier molecular flexibility index (Phi) is 2.52. The number of aromatic nitrogens is 2. The average Bonchev–Trinajstić information content (AvgIpc) is 2.37. The Labute approximate surface area is 95.4 Å². The van der Waals surface area contributed by atoms with Crippen molar-refractivity contribution in [3.63, 3.8) is 0 Å². The number of hydrogen-bond donors (Lipinski definition) is 1. The first-order chi connectivity index (χ1) is 7.86. The lowest BCUT2D eigenvalue weighted by Crippen LogP contribution is -2.59. The molecule has 1 saturated carbocycles. The molecular formula is C12H17N3O. The van der Waals surface area contributed by atoms with E-state index in [1.165, 1.54) is 6.42 Å². The van der Waals surface area contributed by atoms with Crippen LogP contribution in [0.2, 0.25) is 0 Å². The number of rotatable bonds is 3. The summed E-state index contributed by atoms with van der Waals surface area (Å²) in [5.41, 5.74) is 1.16. The molecule has 1 aromatic heterocycles. The van der Waals surface area contributed by atoms with Crippen molar-refractivity contribution in [2.24, 2.45) is 11.8 Å². The number of fused-ring (bicyclic) bond motifs is 2. The van der Waals surface area contributed by atoms with E-state index in [0.29, 0.717) is 24.0 Å². The summed E-state index contributed by atoms with van der Waals surface area (Å²) in [5.74, 6) is 1.32. The fourth-order valence-corrected chi connectivity index (χ4v) is 2.60. The highest BCUT2D eigenvalue weighted by Gasteiger charge is 2.45. The number of nitrogens with one attached hydrogen (secondary N) is 1. The zero-order valence-electron chi connectivity index (χ0n) is 9.52. The third kappa shape index (κ3) is 1.67. The summed E-state index contributed by atoms with van der Waals surface area (Å²) in [6.07, 6.45) is 6.32. The molecule has 0 radical (unpaired) electrons. The first-order valence-electron chi connectivity index (χ1n) is 6.05. The number of piperidine rings is 2. The molecule has 1 unspecified atom stereocenters. The van der Waals surface area contributed by atoms with Gasteiger partial charge in [-0.15, -0.1) is 0 Å². The highest BCUT2D eigenvalue weighted by atomic mass is 16.5. The molecule has 3 atom stereocenters. The second kappa shape index (κ2) is 4.01. The molecule has 2 heterocycles. The monoisotopic (exact) mass is 219 g/mol. The van der Waals surface area contributed by atoms with Crippen molar-refractivity contribution in [3.05, 3.63) is 18.0 Å². The zero-order valence-corrected chi connectivity index (χ0v) is 9.52. The normalized spacial score (nSPS) is 31.9. The van der Waals surface area contributed by atoms with E-state index in [1.807, 2.05) is 12.4 Å². The molecule has 1 N–H and O–H groups in total. The van der Waals surface area contributed by atoms with Crippen molar-refractivity contribution in [3.8, 4) is 6.01 Å². The third-order valence-electron chi connectivity index (χ3n) is 3.68. The highest BCUT2D eigenvalue weighted by molar-refractivity contribution is 5.08. The molecule has 1 aromatic rings. The summed E-state index contributed by atoms with van der Waals surface area (Å²) in [6, 6.07) is 0.541. The molecule has 2 bridgehead atoms. The average molecular weight is 219 g/mol. The number of ether oxygens (including phenoxy) is 1. The molecule has 4 heteroatoms. The van der Waals surface area contributed by atoms with Crippen molar-refractivity contribution >= 4 is 0 Å².